The average Bonchev–Trinajstić information content (AvgIpc) is 2.65. The summed E-state index contributed by atoms with van der Waals surface area (Å²) in [5, 5.41) is 6.01. The number of hydrogen-bond acceptors (Lipinski definition) is 3. The maximum Gasteiger partial charge on any atom is 0.261 e. The van der Waals surface area contributed by atoms with Crippen molar-refractivity contribution in [3.05, 3.63) is 81.3 Å². The molecule has 3 aromatic rings. The number of pyridine rings is 1. The second-order valence-corrected chi connectivity index (χ2v) is 6.82. The monoisotopic (exact) mass is 347 g/mol. The molecule has 0 spiro atoms. The van der Waals surface area contributed by atoms with Crippen LogP contribution in [0.1, 0.15) is 46.1 Å². The third kappa shape index (κ3) is 3.13. The first-order valence-electron chi connectivity index (χ1n) is 8.89. The van der Waals surface area contributed by atoms with Crippen molar-refractivity contribution in [2.45, 2.75) is 31.8 Å². The number of aryl methyl sites for hydroxylation is 1. The number of nitrogens with one attached hydrogen (secondary N) is 2. The molecule has 5 heteroatoms. The minimum Gasteiger partial charge on any atom is -0.365 e. The van der Waals surface area contributed by atoms with Crippen molar-refractivity contribution >= 4 is 16.7 Å². The predicted molar refractivity (Wildman–Crippen MR) is 102 cm³/mol. The van der Waals surface area contributed by atoms with E-state index in [1.165, 1.54) is 16.3 Å². The van der Waals surface area contributed by atoms with Gasteiger partial charge in [0.15, 0.2) is 0 Å². The fraction of sp³-hybridized carbons (Fsp3) is 0.238. The van der Waals surface area contributed by atoms with Gasteiger partial charge in [0.05, 0.1) is 0 Å². The van der Waals surface area contributed by atoms with E-state index in [1.54, 1.807) is 6.07 Å². The summed E-state index contributed by atoms with van der Waals surface area (Å²) in [6, 6.07) is 16.5. The highest BCUT2D eigenvalue weighted by molar-refractivity contribution is 5.92. The normalized spacial score (nSPS) is 16.4. The lowest BCUT2D eigenvalue weighted by Gasteiger charge is -2.26. The predicted octanol–water partition coefficient (Wildman–Crippen LogP) is 2.79. The van der Waals surface area contributed by atoms with Gasteiger partial charge in [0.1, 0.15) is 5.56 Å². The van der Waals surface area contributed by atoms with Crippen LogP contribution in [0.3, 0.4) is 0 Å². The van der Waals surface area contributed by atoms with Gasteiger partial charge in [0.2, 0.25) is 0 Å². The maximum absolute atomic E-state index is 12.0. The zero-order valence-corrected chi connectivity index (χ0v) is 14.4. The fourth-order valence-electron chi connectivity index (χ4n) is 3.73. The van der Waals surface area contributed by atoms with Gasteiger partial charge in [-0.15, -0.1) is 0 Å². The van der Waals surface area contributed by atoms with Crippen LogP contribution >= 0.6 is 0 Å². The van der Waals surface area contributed by atoms with Crippen molar-refractivity contribution in [3.63, 3.8) is 0 Å². The number of nitrogens with two attached hydrogens (primary N) is 1. The van der Waals surface area contributed by atoms with Crippen LogP contribution in [0.15, 0.2) is 53.3 Å². The standard InChI is InChI=1S/C21H21N3O2/c22-20(25)17-11-16-18(6-3-7-19(16)24-21(17)26)23-12-13-8-9-14-4-1-2-5-15(14)10-13/h1-2,4-5,8-11,18,23H,3,6-7,12H2,(H2,22,25)(H,24,26). The molecule has 1 amide bonds. The number of rotatable bonds is 4. The Morgan fingerprint density at radius 2 is 1.96 bits per heavy atom. The van der Waals surface area contributed by atoms with Gasteiger partial charge in [-0.2, -0.15) is 0 Å². The van der Waals surface area contributed by atoms with Gasteiger partial charge in [-0.3, -0.25) is 9.59 Å². The molecule has 132 valence electrons. The van der Waals surface area contributed by atoms with Crippen LogP contribution in [0.4, 0.5) is 0 Å². The van der Waals surface area contributed by atoms with Crippen LogP contribution < -0.4 is 16.6 Å². The molecule has 0 bridgehead atoms. The van der Waals surface area contributed by atoms with Gasteiger partial charge < -0.3 is 16.0 Å². The molecule has 0 radical (unpaired) electrons. The van der Waals surface area contributed by atoms with Crippen molar-refractivity contribution in [3.8, 4) is 0 Å². The molecule has 0 saturated heterocycles. The molecule has 26 heavy (non-hydrogen) atoms. The number of carbonyl (C=O) groups excluding carboxylic acids is 1. The van der Waals surface area contributed by atoms with Gasteiger partial charge in [0, 0.05) is 18.3 Å². The summed E-state index contributed by atoms with van der Waals surface area (Å²) in [7, 11) is 0. The van der Waals surface area contributed by atoms with Gasteiger partial charge in [0.25, 0.3) is 11.5 Å². The zero-order valence-electron chi connectivity index (χ0n) is 14.4. The molecule has 0 fully saturated rings. The topological polar surface area (TPSA) is 88.0 Å². The van der Waals surface area contributed by atoms with Crippen molar-refractivity contribution in [1.82, 2.24) is 10.3 Å². The molecule has 0 aliphatic heterocycles. The van der Waals surface area contributed by atoms with E-state index in [4.69, 9.17) is 5.73 Å². The van der Waals surface area contributed by atoms with Gasteiger partial charge in [-0.05, 0) is 53.3 Å². The smallest absolute Gasteiger partial charge is 0.261 e. The molecule has 1 aliphatic carbocycles. The fourth-order valence-corrected chi connectivity index (χ4v) is 3.73. The number of aromatic nitrogens is 1. The molecule has 4 N–H and O–H groups in total. The zero-order chi connectivity index (χ0) is 18.1. The highest BCUT2D eigenvalue weighted by Crippen LogP contribution is 2.28. The Morgan fingerprint density at radius 1 is 1.15 bits per heavy atom. The Labute approximate surface area is 151 Å². The summed E-state index contributed by atoms with van der Waals surface area (Å²) in [4.78, 5) is 26.3. The van der Waals surface area contributed by atoms with E-state index in [9.17, 15) is 9.59 Å². The molecule has 1 aromatic heterocycles. The van der Waals surface area contributed by atoms with E-state index in [0.29, 0.717) is 0 Å². The molecule has 1 atom stereocenters. The van der Waals surface area contributed by atoms with Crippen LogP contribution in [0.5, 0.6) is 0 Å². The van der Waals surface area contributed by atoms with Crippen molar-refractivity contribution in [1.29, 1.82) is 0 Å². The van der Waals surface area contributed by atoms with Gasteiger partial charge >= 0.3 is 0 Å². The van der Waals surface area contributed by atoms with Crippen molar-refractivity contribution in [2.75, 3.05) is 0 Å². The summed E-state index contributed by atoms with van der Waals surface area (Å²) in [5.41, 5.74) is 8.05. The maximum atomic E-state index is 12.0. The van der Waals surface area contributed by atoms with Crippen LogP contribution in [-0.4, -0.2) is 10.9 Å². The first-order valence-corrected chi connectivity index (χ1v) is 8.89. The second-order valence-electron chi connectivity index (χ2n) is 6.82. The first-order chi connectivity index (χ1) is 12.6. The third-order valence-corrected chi connectivity index (χ3v) is 5.08. The van der Waals surface area contributed by atoms with Crippen LogP contribution in [0.2, 0.25) is 0 Å². The molecule has 1 heterocycles. The van der Waals surface area contributed by atoms with Gasteiger partial charge in [-0.25, -0.2) is 0 Å². The number of aromatic amines is 1. The van der Waals surface area contributed by atoms with Crippen LogP contribution in [0.25, 0.3) is 10.8 Å². The lowest BCUT2D eigenvalue weighted by Crippen LogP contribution is -2.31. The molecular formula is C21H21N3O2. The lowest BCUT2D eigenvalue weighted by molar-refractivity contribution is 0.0998. The highest BCUT2D eigenvalue weighted by atomic mass is 16.2. The third-order valence-electron chi connectivity index (χ3n) is 5.08. The van der Waals surface area contributed by atoms with E-state index in [2.05, 4.69) is 40.6 Å². The number of carbonyl (C=O) groups is 1. The van der Waals surface area contributed by atoms with Crippen molar-refractivity contribution in [2.24, 2.45) is 5.73 Å². The Kier molecular flexibility index (Phi) is 4.31. The summed E-state index contributed by atoms with van der Waals surface area (Å²) in [6.07, 6.45) is 2.77. The SMILES string of the molecule is NC(=O)c1cc2c([nH]c1=O)CCCC2NCc1ccc2ccccc2c1. The Balaban J connectivity index is 1.58. The quantitative estimate of drug-likeness (QED) is 0.678. The van der Waals surface area contributed by atoms with E-state index < -0.39 is 11.5 Å². The molecule has 5 nitrogen and oxygen atoms in total. The molecule has 1 aliphatic rings. The number of hydrogen-bond donors (Lipinski definition) is 3. The molecule has 4 rings (SSSR count). The molecule has 0 saturated carbocycles. The summed E-state index contributed by atoms with van der Waals surface area (Å²) >= 11 is 0. The average molecular weight is 347 g/mol. The number of primary amides is 1. The molecule has 1 unspecified atom stereocenters. The highest BCUT2D eigenvalue weighted by Gasteiger charge is 2.23. The van der Waals surface area contributed by atoms with Gasteiger partial charge in [-0.1, -0.05) is 36.4 Å². The first kappa shape index (κ1) is 16.5. The van der Waals surface area contributed by atoms with Crippen LogP contribution in [-0.2, 0) is 13.0 Å². The Hall–Kier alpha value is -2.92. The number of fused-ring (bicyclic) bond motifs is 2. The number of H-pyrrole nitrogens is 1. The summed E-state index contributed by atoms with van der Waals surface area (Å²) < 4.78 is 0. The summed E-state index contributed by atoms with van der Waals surface area (Å²) in [5.74, 6) is -0.687. The number of benzene rings is 2. The number of amides is 1. The largest absolute Gasteiger partial charge is 0.365 e. The van der Waals surface area contributed by atoms with Crippen LogP contribution in [0, 0.1) is 0 Å². The molecular weight excluding hydrogens is 326 g/mol. The Bertz CT molecular complexity index is 1040. The second kappa shape index (κ2) is 6.77. The summed E-state index contributed by atoms with van der Waals surface area (Å²) in [6.45, 7) is 0.722. The minimum absolute atomic E-state index is 0.0307. The van der Waals surface area contributed by atoms with E-state index in [-0.39, 0.29) is 11.6 Å². The lowest BCUT2D eigenvalue weighted by atomic mass is 9.90. The minimum atomic E-state index is -0.687. The van der Waals surface area contributed by atoms with E-state index in [0.717, 1.165) is 37.1 Å². The van der Waals surface area contributed by atoms with E-state index in [1.807, 2.05) is 12.1 Å². The van der Waals surface area contributed by atoms with E-state index >= 15 is 0 Å². The van der Waals surface area contributed by atoms with Crippen molar-refractivity contribution < 1.29 is 4.79 Å². The Morgan fingerprint density at radius 3 is 2.77 bits per heavy atom. The molecule has 2 aromatic carbocycles.